The number of aromatic nitrogens is 1. The van der Waals surface area contributed by atoms with Gasteiger partial charge in [0.25, 0.3) is 5.91 Å². The number of carbonyl (C=O) groups is 3. The smallest absolute Gasteiger partial charge is 0.357 e. The molecule has 0 aliphatic carbocycles. The van der Waals surface area contributed by atoms with Crippen molar-refractivity contribution in [2.45, 2.75) is 20.0 Å². The van der Waals surface area contributed by atoms with Gasteiger partial charge in [0.15, 0.2) is 11.9 Å². The first-order chi connectivity index (χ1) is 12.9. The fraction of sp³-hybridized carbons (Fsp3) is 0.143. The number of para-hydroxylation sites is 1. The molecule has 0 saturated heterocycles. The van der Waals surface area contributed by atoms with Gasteiger partial charge in [0, 0.05) is 16.6 Å². The second-order valence-corrected chi connectivity index (χ2v) is 6.06. The van der Waals surface area contributed by atoms with Gasteiger partial charge in [0.2, 0.25) is 0 Å². The summed E-state index contributed by atoms with van der Waals surface area (Å²) in [6, 6.07) is 17.3. The van der Waals surface area contributed by atoms with Crippen LogP contribution in [0.15, 0.2) is 60.7 Å². The second-order valence-electron chi connectivity index (χ2n) is 6.06. The molecule has 2 aromatic carbocycles. The van der Waals surface area contributed by atoms with Crippen LogP contribution in [0.4, 0.5) is 5.69 Å². The van der Waals surface area contributed by atoms with Crippen molar-refractivity contribution in [2.24, 2.45) is 0 Å². The third-order valence-electron chi connectivity index (χ3n) is 4.00. The molecular weight excluding hydrogens is 344 g/mol. The van der Waals surface area contributed by atoms with Gasteiger partial charge < -0.3 is 10.1 Å². The van der Waals surface area contributed by atoms with Crippen LogP contribution in [0.2, 0.25) is 0 Å². The third-order valence-corrected chi connectivity index (χ3v) is 4.00. The molecule has 27 heavy (non-hydrogen) atoms. The Bertz CT molecular complexity index is 1030. The van der Waals surface area contributed by atoms with Crippen LogP contribution in [0.5, 0.6) is 0 Å². The maximum Gasteiger partial charge on any atom is 0.357 e. The van der Waals surface area contributed by atoms with E-state index in [1.165, 1.54) is 13.8 Å². The molecule has 1 unspecified atom stereocenters. The van der Waals surface area contributed by atoms with E-state index in [0.717, 1.165) is 5.39 Å². The highest BCUT2D eigenvalue weighted by Gasteiger charge is 2.20. The monoisotopic (exact) mass is 362 g/mol. The minimum absolute atomic E-state index is 0.104. The highest BCUT2D eigenvalue weighted by molar-refractivity contribution is 5.99. The summed E-state index contributed by atoms with van der Waals surface area (Å²) in [5.41, 5.74) is 1.74. The Labute approximate surface area is 156 Å². The van der Waals surface area contributed by atoms with Crippen molar-refractivity contribution in [1.82, 2.24) is 4.98 Å². The minimum atomic E-state index is -1.02. The van der Waals surface area contributed by atoms with Crippen LogP contribution in [0, 0.1) is 0 Å². The van der Waals surface area contributed by atoms with Gasteiger partial charge >= 0.3 is 5.97 Å². The van der Waals surface area contributed by atoms with Gasteiger partial charge in [0.1, 0.15) is 5.69 Å². The Morgan fingerprint density at radius 3 is 2.56 bits per heavy atom. The van der Waals surface area contributed by atoms with Crippen LogP contribution in [0.25, 0.3) is 10.9 Å². The van der Waals surface area contributed by atoms with Crippen molar-refractivity contribution in [3.05, 3.63) is 71.9 Å². The summed E-state index contributed by atoms with van der Waals surface area (Å²) in [7, 11) is 0. The number of fused-ring (bicyclic) bond motifs is 1. The molecule has 1 N–H and O–H groups in total. The maximum atomic E-state index is 12.3. The standard InChI is InChI=1S/C21H18N2O4/c1-13(24)16-7-5-8-17(12-16)22-20(25)14(2)27-21(26)19-11-10-15-6-3-4-9-18(15)23-19/h3-12,14H,1-2H3,(H,22,25). The molecule has 0 bridgehead atoms. The van der Waals surface area contributed by atoms with Crippen molar-refractivity contribution >= 4 is 34.3 Å². The quantitative estimate of drug-likeness (QED) is 0.553. The predicted molar refractivity (Wildman–Crippen MR) is 102 cm³/mol. The Morgan fingerprint density at radius 2 is 1.78 bits per heavy atom. The summed E-state index contributed by atoms with van der Waals surface area (Å²) >= 11 is 0. The van der Waals surface area contributed by atoms with Gasteiger partial charge in [0.05, 0.1) is 5.52 Å². The molecule has 136 valence electrons. The van der Waals surface area contributed by atoms with Crippen molar-refractivity contribution in [1.29, 1.82) is 0 Å². The molecule has 6 heteroatoms. The number of hydrogen-bond acceptors (Lipinski definition) is 5. The molecule has 0 spiro atoms. The summed E-state index contributed by atoms with van der Waals surface area (Å²) in [6.07, 6.45) is -1.02. The second kappa shape index (κ2) is 7.78. The number of nitrogens with one attached hydrogen (secondary N) is 1. The molecule has 3 aromatic rings. The number of hydrogen-bond donors (Lipinski definition) is 1. The normalized spacial score (nSPS) is 11.6. The number of ketones is 1. The number of amides is 1. The van der Waals surface area contributed by atoms with Crippen LogP contribution in [-0.2, 0) is 9.53 Å². The number of nitrogens with zero attached hydrogens (tertiary/aromatic N) is 1. The zero-order chi connectivity index (χ0) is 19.4. The molecule has 1 aromatic heterocycles. The zero-order valence-corrected chi connectivity index (χ0v) is 14.9. The first-order valence-corrected chi connectivity index (χ1v) is 8.42. The van der Waals surface area contributed by atoms with Crippen LogP contribution in [0.3, 0.4) is 0 Å². The van der Waals surface area contributed by atoms with Gasteiger partial charge in [-0.1, -0.05) is 36.4 Å². The first kappa shape index (κ1) is 18.3. The summed E-state index contributed by atoms with van der Waals surface area (Å²) in [5.74, 6) is -1.28. The lowest BCUT2D eigenvalue weighted by Crippen LogP contribution is -2.30. The number of ether oxygens (including phenoxy) is 1. The summed E-state index contributed by atoms with van der Waals surface area (Å²) < 4.78 is 5.22. The Hall–Kier alpha value is -3.54. The number of Topliss-reactive ketones (excluding diaryl/α,β-unsaturated/α-hetero) is 1. The lowest BCUT2D eigenvalue weighted by molar-refractivity contribution is -0.123. The third kappa shape index (κ3) is 4.36. The molecule has 1 amide bonds. The number of carbonyl (C=O) groups excluding carboxylic acids is 3. The van der Waals surface area contributed by atoms with E-state index in [-0.39, 0.29) is 11.5 Å². The fourth-order valence-electron chi connectivity index (χ4n) is 2.51. The predicted octanol–water partition coefficient (Wildman–Crippen LogP) is 3.62. The van der Waals surface area contributed by atoms with Crippen molar-refractivity contribution in [2.75, 3.05) is 5.32 Å². The maximum absolute atomic E-state index is 12.3. The average Bonchev–Trinajstić information content (AvgIpc) is 2.67. The van der Waals surface area contributed by atoms with E-state index in [4.69, 9.17) is 4.74 Å². The highest BCUT2D eigenvalue weighted by atomic mass is 16.5. The number of esters is 1. The van der Waals surface area contributed by atoms with Crippen molar-refractivity contribution in [3.63, 3.8) is 0 Å². The zero-order valence-electron chi connectivity index (χ0n) is 14.9. The minimum Gasteiger partial charge on any atom is -0.448 e. The van der Waals surface area contributed by atoms with Crippen LogP contribution in [-0.4, -0.2) is 28.7 Å². The van der Waals surface area contributed by atoms with Crippen LogP contribution in [0.1, 0.15) is 34.7 Å². The molecule has 0 radical (unpaired) electrons. The lowest BCUT2D eigenvalue weighted by Gasteiger charge is -2.14. The molecule has 0 aliphatic rings. The van der Waals surface area contributed by atoms with Gasteiger partial charge in [-0.2, -0.15) is 0 Å². The molecule has 1 atom stereocenters. The highest BCUT2D eigenvalue weighted by Crippen LogP contribution is 2.14. The summed E-state index contributed by atoms with van der Waals surface area (Å²) in [5, 5.41) is 3.54. The SMILES string of the molecule is CC(=O)c1cccc(NC(=O)C(C)OC(=O)c2ccc3ccccc3n2)c1. The van der Waals surface area contributed by atoms with Crippen molar-refractivity contribution in [3.8, 4) is 0 Å². The molecular formula is C21H18N2O4. The molecule has 0 saturated carbocycles. The van der Waals surface area contributed by atoms with Gasteiger partial charge in [-0.15, -0.1) is 0 Å². The van der Waals surface area contributed by atoms with E-state index < -0.39 is 18.0 Å². The van der Waals surface area contributed by atoms with E-state index in [0.29, 0.717) is 16.8 Å². The number of rotatable bonds is 5. The summed E-state index contributed by atoms with van der Waals surface area (Å²) in [4.78, 5) is 40.3. The lowest BCUT2D eigenvalue weighted by atomic mass is 10.1. The van der Waals surface area contributed by atoms with E-state index in [1.807, 2.05) is 18.2 Å². The Kier molecular flexibility index (Phi) is 5.26. The van der Waals surface area contributed by atoms with Gasteiger partial charge in [-0.3, -0.25) is 9.59 Å². The van der Waals surface area contributed by atoms with E-state index in [1.54, 1.807) is 42.5 Å². The molecule has 6 nitrogen and oxygen atoms in total. The Morgan fingerprint density at radius 1 is 1.00 bits per heavy atom. The van der Waals surface area contributed by atoms with Crippen molar-refractivity contribution < 1.29 is 19.1 Å². The van der Waals surface area contributed by atoms with E-state index in [2.05, 4.69) is 10.3 Å². The fourth-order valence-corrected chi connectivity index (χ4v) is 2.51. The van der Waals surface area contributed by atoms with Gasteiger partial charge in [-0.25, -0.2) is 9.78 Å². The van der Waals surface area contributed by atoms with Crippen LogP contribution < -0.4 is 5.32 Å². The largest absolute Gasteiger partial charge is 0.448 e. The summed E-state index contributed by atoms with van der Waals surface area (Å²) in [6.45, 7) is 2.92. The molecule has 0 fully saturated rings. The molecule has 0 aliphatic heterocycles. The van der Waals surface area contributed by atoms with Crippen LogP contribution >= 0.6 is 0 Å². The van der Waals surface area contributed by atoms with Gasteiger partial charge in [-0.05, 0) is 38.1 Å². The molecule has 1 heterocycles. The van der Waals surface area contributed by atoms with E-state index in [9.17, 15) is 14.4 Å². The Balaban J connectivity index is 1.67. The number of benzene rings is 2. The number of pyridine rings is 1. The van der Waals surface area contributed by atoms with E-state index >= 15 is 0 Å². The number of anilines is 1. The average molecular weight is 362 g/mol. The topological polar surface area (TPSA) is 85.4 Å². The first-order valence-electron chi connectivity index (χ1n) is 8.42. The molecule has 3 rings (SSSR count).